The first-order valence-corrected chi connectivity index (χ1v) is 11.3. The fraction of sp³-hybridized carbons (Fsp3) is 0.400. The SMILES string of the molecule is O=C(c1ccc2ncc(-c3ccccc3)n2c1)N1CCN(C(=O)C2CCCCC2)CC1. The third-order valence-corrected chi connectivity index (χ3v) is 6.66. The Morgan fingerprint density at radius 2 is 1.55 bits per heavy atom. The number of carbonyl (C=O) groups excluding carboxylic acids is 2. The largest absolute Gasteiger partial charge is 0.339 e. The molecule has 1 saturated carbocycles. The van der Waals surface area contributed by atoms with E-state index in [0.29, 0.717) is 37.6 Å². The van der Waals surface area contributed by atoms with E-state index in [1.54, 1.807) is 0 Å². The van der Waals surface area contributed by atoms with E-state index in [1.165, 1.54) is 6.42 Å². The summed E-state index contributed by atoms with van der Waals surface area (Å²) in [5, 5.41) is 0. The lowest BCUT2D eigenvalue weighted by atomic mass is 9.88. The van der Waals surface area contributed by atoms with Crippen molar-refractivity contribution in [1.29, 1.82) is 0 Å². The van der Waals surface area contributed by atoms with Gasteiger partial charge in [-0.05, 0) is 25.0 Å². The molecule has 6 heteroatoms. The van der Waals surface area contributed by atoms with E-state index in [9.17, 15) is 9.59 Å². The van der Waals surface area contributed by atoms with Gasteiger partial charge in [-0.1, -0.05) is 49.6 Å². The smallest absolute Gasteiger partial charge is 0.255 e. The Morgan fingerprint density at radius 3 is 2.29 bits per heavy atom. The lowest BCUT2D eigenvalue weighted by Crippen LogP contribution is -2.52. The van der Waals surface area contributed by atoms with Crippen molar-refractivity contribution in [1.82, 2.24) is 19.2 Å². The highest BCUT2D eigenvalue weighted by Crippen LogP contribution is 2.26. The van der Waals surface area contributed by atoms with Crippen LogP contribution in [0.2, 0.25) is 0 Å². The van der Waals surface area contributed by atoms with Crippen LogP contribution in [0.3, 0.4) is 0 Å². The van der Waals surface area contributed by atoms with Crippen molar-refractivity contribution >= 4 is 17.5 Å². The van der Waals surface area contributed by atoms with E-state index in [-0.39, 0.29) is 11.8 Å². The van der Waals surface area contributed by atoms with E-state index in [4.69, 9.17) is 0 Å². The second-order valence-electron chi connectivity index (χ2n) is 8.61. The molecule has 1 aliphatic carbocycles. The molecule has 2 amide bonds. The van der Waals surface area contributed by atoms with Crippen LogP contribution in [0.4, 0.5) is 0 Å². The lowest BCUT2D eigenvalue weighted by Gasteiger charge is -2.37. The number of amides is 2. The Balaban J connectivity index is 1.29. The standard InChI is InChI=1S/C25H28N4O2/c30-24(20-9-5-2-6-10-20)27-13-15-28(16-14-27)25(31)21-11-12-23-26-17-22(29(23)18-21)19-7-3-1-4-8-19/h1,3-4,7-8,11-12,17-18,20H,2,5-6,9-10,13-16H2. The van der Waals surface area contributed by atoms with Gasteiger partial charge in [0.2, 0.25) is 5.91 Å². The van der Waals surface area contributed by atoms with Gasteiger partial charge in [-0.3, -0.25) is 14.0 Å². The third kappa shape index (κ3) is 3.94. The lowest BCUT2D eigenvalue weighted by molar-refractivity contribution is -0.138. The van der Waals surface area contributed by atoms with Gasteiger partial charge >= 0.3 is 0 Å². The average Bonchev–Trinajstić information content (AvgIpc) is 3.27. The van der Waals surface area contributed by atoms with E-state index in [1.807, 2.05) is 69.1 Å². The maximum atomic E-state index is 13.2. The highest BCUT2D eigenvalue weighted by molar-refractivity contribution is 5.94. The highest BCUT2D eigenvalue weighted by Gasteiger charge is 2.30. The van der Waals surface area contributed by atoms with Gasteiger partial charge in [0.05, 0.1) is 17.5 Å². The Kier molecular flexibility index (Phi) is 5.45. The summed E-state index contributed by atoms with van der Waals surface area (Å²) in [4.78, 5) is 34.3. The summed E-state index contributed by atoms with van der Waals surface area (Å²) < 4.78 is 1.98. The number of hydrogen-bond donors (Lipinski definition) is 0. The molecule has 2 fully saturated rings. The van der Waals surface area contributed by atoms with Gasteiger partial charge in [-0.15, -0.1) is 0 Å². The minimum absolute atomic E-state index is 0.0133. The zero-order valence-corrected chi connectivity index (χ0v) is 17.7. The normalized spacial score (nSPS) is 17.8. The molecule has 0 atom stereocenters. The van der Waals surface area contributed by atoms with Crippen molar-refractivity contribution in [3.8, 4) is 11.3 Å². The predicted octanol–water partition coefficient (Wildman–Crippen LogP) is 3.87. The zero-order valence-electron chi connectivity index (χ0n) is 17.7. The van der Waals surface area contributed by atoms with Crippen molar-refractivity contribution in [3.63, 3.8) is 0 Å². The van der Waals surface area contributed by atoms with Gasteiger partial charge in [0.15, 0.2) is 0 Å². The molecule has 3 heterocycles. The Hall–Kier alpha value is -3.15. The topological polar surface area (TPSA) is 57.9 Å². The quantitative estimate of drug-likeness (QED) is 0.651. The van der Waals surface area contributed by atoms with Crippen LogP contribution in [0, 0.1) is 5.92 Å². The van der Waals surface area contributed by atoms with Crippen LogP contribution in [-0.4, -0.2) is 57.2 Å². The number of benzene rings is 1. The molecule has 5 rings (SSSR count). The molecular weight excluding hydrogens is 388 g/mol. The zero-order chi connectivity index (χ0) is 21.2. The van der Waals surface area contributed by atoms with Crippen LogP contribution in [0.1, 0.15) is 42.5 Å². The molecule has 0 N–H and O–H groups in total. The summed E-state index contributed by atoms with van der Waals surface area (Å²) in [6.45, 7) is 2.43. The number of rotatable bonds is 3. The van der Waals surface area contributed by atoms with Gasteiger partial charge in [-0.2, -0.15) is 0 Å². The molecule has 1 saturated heterocycles. The predicted molar refractivity (Wildman–Crippen MR) is 120 cm³/mol. The summed E-state index contributed by atoms with van der Waals surface area (Å²) in [7, 11) is 0. The first-order chi connectivity index (χ1) is 15.2. The number of aromatic nitrogens is 2. The highest BCUT2D eigenvalue weighted by atomic mass is 16.2. The van der Waals surface area contributed by atoms with E-state index in [2.05, 4.69) is 4.98 Å². The number of imidazole rings is 1. The monoisotopic (exact) mass is 416 g/mol. The van der Waals surface area contributed by atoms with Crippen LogP contribution in [-0.2, 0) is 4.79 Å². The molecule has 1 aliphatic heterocycles. The number of piperazine rings is 1. The van der Waals surface area contributed by atoms with Crippen LogP contribution < -0.4 is 0 Å². The summed E-state index contributed by atoms with van der Waals surface area (Å²) in [5.41, 5.74) is 3.50. The first kappa shape index (κ1) is 19.8. The summed E-state index contributed by atoms with van der Waals surface area (Å²) in [6.07, 6.45) is 9.34. The molecular formula is C25H28N4O2. The molecule has 6 nitrogen and oxygen atoms in total. The minimum atomic E-state index is 0.0133. The van der Waals surface area contributed by atoms with Crippen molar-refractivity contribution < 1.29 is 9.59 Å². The molecule has 3 aromatic rings. The fourth-order valence-corrected chi connectivity index (χ4v) is 4.85. The molecule has 0 bridgehead atoms. The summed E-state index contributed by atoms with van der Waals surface area (Å²) in [6, 6.07) is 13.8. The van der Waals surface area contributed by atoms with E-state index < -0.39 is 0 Å². The number of fused-ring (bicyclic) bond motifs is 1. The van der Waals surface area contributed by atoms with Gasteiger partial charge in [0.25, 0.3) is 5.91 Å². The van der Waals surface area contributed by atoms with Crippen molar-refractivity contribution in [2.75, 3.05) is 26.2 Å². The fourth-order valence-electron chi connectivity index (χ4n) is 4.85. The molecule has 2 aliphatic rings. The van der Waals surface area contributed by atoms with Crippen LogP contribution in [0.25, 0.3) is 16.9 Å². The average molecular weight is 417 g/mol. The second-order valence-corrected chi connectivity index (χ2v) is 8.61. The van der Waals surface area contributed by atoms with Gasteiger partial charge in [0, 0.05) is 43.9 Å². The van der Waals surface area contributed by atoms with Crippen LogP contribution in [0.5, 0.6) is 0 Å². The molecule has 160 valence electrons. The number of nitrogens with zero attached hydrogens (tertiary/aromatic N) is 4. The number of pyridine rings is 1. The second kappa shape index (κ2) is 8.53. The molecule has 31 heavy (non-hydrogen) atoms. The maximum absolute atomic E-state index is 13.2. The maximum Gasteiger partial charge on any atom is 0.255 e. The molecule has 0 unspecified atom stereocenters. The number of carbonyl (C=O) groups is 2. The minimum Gasteiger partial charge on any atom is -0.339 e. The first-order valence-electron chi connectivity index (χ1n) is 11.3. The summed E-state index contributed by atoms with van der Waals surface area (Å²) >= 11 is 0. The van der Waals surface area contributed by atoms with Gasteiger partial charge < -0.3 is 9.80 Å². The van der Waals surface area contributed by atoms with Gasteiger partial charge in [0.1, 0.15) is 5.65 Å². The van der Waals surface area contributed by atoms with E-state index in [0.717, 1.165) is 42.6 Å². The molecule has 1 aromatic carbocycles. The van der Waals surface area contributed by atoms with Crippen molar-refractivity contribution in [2.24, 2.45) is 5.92 Å². The molecule has 2 aromatic heterocycles. The van der Waals surface area contributed by atoms with Crippen molar-refractivity contribution in [2.45, 2.75) is 32.1 Å². The van der Waals surface area contributed by atoms with Crippen LogP contribution >= 0.6 is 0 Å². The third-order valence-electron chi connectivity index (χ3n) is 6.66. The molecule has 0 spiro atoms. The Morgan fingerprint density at radius 1 is 0.839 bits per heavy atom. The Bertz CT molecular complexity index is 1080. The van der Waals surface area contributed by atoms with Crippen LogP contribution in [0.15, 0.2) is 54.9 Å². The molecule has 0 radical (unpaired) electrons. The van der Waals surface area contributed by atoms with Gasteiger partial charge in [-0.25, -0.2) is 4.98 Å². The Labute approximate surface area is 182 Å². The number of hydrogen-bond acceptors (Lipinski definition) is 3. The summed E-state index contributed by atoms with van der Waals surface area (Å²) in [5.74, 6) is 0.495. The van der Waals surface area contributed by atoms with E-state index >= 15 is 0 Å². The van der Waals surface area contributed by atoms with Crippen molar-refractivity contribution in [3.05, 3.63) is 60.4 Å².